The number of hydrogen-bond donors (Lipinski definition) is 3. The molecule has 0 aliphatic heterocycles. The van der Waals surface area contributed by atoms with Gasteiger partial charge in [-0.1, -0.05) is 57.9 Å². The zero-order valence-corrected chi connectivity index (χ0v) is 17.6. The SMILES string of the molecule is O=C(O)c1c(-c2ccc(Br)cc2)csc1NC(O)C(F)Cc1ccccc1Cl. The first-order chi connectivity index (χ1) is 13.4. The number of anilines is 1. The van der Waals surface area contributed by atoms with Gasteiger partial charge in [0.15, 0.2) is 6.23 Å². The Morgan fingerprint density at radius 3 is 2.54 bits per heavy atom. The first-order valence-corrected chi connectivity index (χ1v) is 10.3. The fraction of sp³-hybridized carbons (Fsp3) is 0.150. The molecule has 0 bridgehead atoms. The second kappa shape index (κ2) is 9.05. The third kappa shape index (κ3) is 4.72. The van der Waals surface area contributed by atoms with Crippen molar-refractivity contribution in [3.05, 3.63) is 74.5 Å². The maximum absolute atomic E-state index is 14.5. The normalized spacial score (nSPS) is 13.1. The van der Waals surface area contributed by atoms with E-state index in [1.807, 2.05) is 12.1 Å². The quantitative estimate of drug-likeness (QED) is 0.369. The highest BCUT2D eigenvalue weighted by atomic mass is 79.9. The first-order valence-electron chi connectivity index (χ1n) is 8.29. The molecule has 2 atom stereocenters. The van der Waals surface area contributed by atoms with Crippen LogP contribution in [0.2, 0.25) is 5.02 Å². The number of carboxylic acid groups (broad SMARTS) is 1. The summed E-state index contributed by atoms with van der Waals surface area (Å²) in [6.07, 6.45) is -3.34. The van der Waals surface area contributed by atoms with Crippen LogP contribution in [-0.2, 0) is 6.42 Å². The number of aromatic carboxylic acids is 1. The average molecular weight is 485 g/mol. The Hall–Kier alpha value is -1.93. The molecule has 2 unspecified atom stereocenters. The number of rotatable bonds is 7. The third-order valence-electron chi connectivity index (χ3n) is 4.15. The van der Waals surface area contributed by atoms with E-state index in [1.54, 1.807) is 41.8 Å². The molecule has 146 valence electrons. The number of carboxylic acids is 1. The summed E-state index contributed by atoms with van der Waals surface area (Å²) in [5.41, 5.74) is 1.78. The lowest BCUT2D eigenvalue weighted by molar-refractivity contribution is 0.0698. The van der Waals surface area contributed by atoms with Crippen LogP contribution in [0.1, 0.15) is 15.9 Å². The summed E-state index contributed by atoms with van der Waals surface area (Å²) in [6.45, 7) is 0. The van der Waals surface area contributed by atoms with E-state index in [0.29, 0.717) is 21.7 Å². The zero-order valence-electron chi connectivity index (χ0n) is 14.4. The minimum absolute atomic E-state index is 0.00341. The molecule has 28 heavy (non-hydrogen) atoms. The summed E-state index contributed by atoms with van der Waals surface area (Å²) >= 11 is 10.5. The molecule has 0 spiro atoms. The second-order valence-electron chi connectivity index (χ2n) is 6.07. The van der Waals surface area contributed by atoms with E-state index in [2.05, 4.69) is 21.2 Å². The van der Waals surface area contributed by atoms with E-state index in [-0.39, 0.29) is 17.0 Å². The summed E-state index contributed by atoms with van der Waals surface area (Å²) < 4.78 is 15.4. The molecule has 3 N–H and O–H groups in total. The number of hydrogen-bond acceptors (Lipinski definition) is 4. The molecule has 0 saturated heterocycles. The largest absolute Gasteiger partial charge is 0.478 e. The number of nitrogens with one attached hydrogen (secondary N) is 1. The number of alkyl halides is 1. The van der Waals surface area contributed by atoms with E-state index < -0.39 is 18.4 Å². The molecule has 8 heteroatoms. The van der Waals surface area contributed by atoms with E-state index in [1.165, 1.54) is 0 Å². The van der Waals surface area contributed by atoms with E-state index in [9.17, 15) is 19.4 Å². The highest BCUT2D eigenvalue weighted by Crippen LogP contribution is 2.36. The van der Waals surface area contributed by atoms with Gasteiger partial charge in [0.1, 0.15) is 16.7 Å². The summed E-state index contributed by atoms with van der Waals surface area (Å²) in [4.78, 5) is 11.8. The fourth-order valence-corrected chi connectivity index (χ4v) is 4.20. The molecule has 3 rings (SSSR count). The highest BCUT2D eigenvalue weighted by Gasteiger charge is 2.25. The van der Waals surface area contributed by atoms with Crippen LogP contribution in [0.4, 0.5) is 9.39 Å². The summed E-state index contributed by atoms with van der Waals surface area (Å²) in [7, 11) is 0. The molecular weight excluding hydrogens is 469 g/mol. The topological polar surface area (TPSA) is 69.6 Å². The van der Waals surface area contributed by atoms with Crippen LogP contribution < -0.4 is 5.32 Å². The van der Waals surface area contributed by atoms with Gasteiger partial charge in [0.25, 0.3) is 0 Å². The zero-order chi connectivity index (χ0) is 20.3. The number of carbonyl (C=O) groups is 1. The number of halogens is 3. The van der Waals surface area contributed by atoms with Gasteiger partial charge >= 0.3 is 5.97 Å². The number of aliphatic hydroxyl groups is 1. The second-order valence-corrected chi connectivity index (χ2v) is 8.27. The van der Waals surface area contributed by atoms with E-state index in [0.717, 1.165) is 15.8 Å². The molecule has 0 aliphatic rings. The monoisotopic (exact) mass is 483 g/mol. The maximum Gasteiger partial charge on any atom is 0.339 e. The summed E-state index contributed by atoms with van der Waals surface area (Å²) in [5, 5.41) is 24.7. The molecule has 1 heterocycles. The summed E-state index contributed by atoms with van der Waals surface area (Å²) in [6, 6.07) is 14.0. The van der Waals surface area contributed by atoms with E-state index >= 15 is 0 Å². The first kappa shape index (κ1) is 20.8. The van der Waals surface area contributed by atoms with Gasteiger partial charge in [-0.25, -0.2) is 9.18 Å². The molecule has 1 aromatic heterocycles. The van der Waals surface area contributed by atoms with Gasteiger partial charge in [-0.3, -0.25) is 0 Å². The van der Waals surface area contributed by atoms with Crippen LogP contribution in [0.5, 0.6) is 0 Å². The van der Waals surface area contributed by atoms with Crippen LogP contribution in [0.25, 0.3) is 11.1 Å². The molecule has 0 saturated carbocycles. The van der Waals surface area contributed by atoms with Crippen molar-refractivity contribution in [2.45, 2.75) is 18.8 Å². The summed E-state index contributed by atoms with van der Waals surface area (Å²) in [5.74, 6) is -1.16. The van der Waals surface area contributed by atoms with Gasteiger partial charge in [-0.05, 0) is 29.3 Å². The Bertz CT molecular complexity index is 980. The van der Waals surface area contributed by atoms with E-state index in [4.69, 9.17) is 11.6 Å². The van der Waals surface area contributed by atoms with Crippen molar-refractivity contribution < 1.29 is 19.4 Å². The van der Waals surface area contributed by atoms with Crippen LogP contribution in [0, 0.1) is 0 Å². The van der Waals surface area contributed by atoms with Crippen molar-refractivity contribution in [1.29, 1.82) is 0 Å². The molecular formula is C20H16BrClFNO3S. The Morgan fingerprint density at radius 2 is 1.89 bits per heavy atom. The molecule has 0 radical (unpaired) electrons. The lowest BCUT2D eigenvalue weighted by Gasteiger charge is -2.18. The minimum Gasteiger partial charge on any atom is -0.478 e. The van der Waals surface area contributed by atoms with Gasteiger partial charge in [0.05, 0.1) is 0 Å². The number of thiophene rings is 1. The smallest absolute Gasteiger partial charge is 0.339 e. The Labute approximate surface area is 178 Å². The lowest BCUT2D eigenvalue weighted by Crippen LogP contribution is -2.32. The van der Waals surface area contributed by atoms with Gasteiger partial charge in [0.2, 0.25) is 0 Å². The Balaban J connectivity index is 1.80. The average Bonchev–Trinajstić information content (AvgIpc) is 3.08. The highest BCUT2D eigenvalue weighted by molar-refractivity contribution is 9.10. The number of benzene rings is 2. The van der Waals surface area contributed by atoms with Gasteiger partial charge in [0, 0.05) is 26.9 Å². The van der Waals surface area contributed by atoms with Gasteiger partial charge < -0.3 is 15.5 Å². The van der Waals surface area contributed by atoms with Crippen LogP contribution in [-0.4, -0.2) is 28.6 Å². The number of aliphatic hydroxyl groups excluding tert-OH is 1. The van der Waals surface area contributed by atoms with Crippen molar-refractivity contribution in [3.8, 4) is 11.1 Å². The molecule has 4 nitrogen and oxygen atoms in total. The molecule has 0 amide bonds. The molecule has 0 fully saturated rings. The minimum atomic E-state index is -1.67. The standard InChI is InChI=1S/C20H16BrClFNO3S/c21-13-7-5-11(6-8-13)14-10-28-19(17(14)20(26)27)24-18(25)16(23)9-12-3-1-2-4-15(12)22/h1-8,10,16,18,24-25H,9H2,(H,26,27). The van der Waals surface area contributed by atoms with Gasteiger partial charge in [-0.15, -0.1) is 11.3 Å². The van der Waals surface area contributed by atoms with Crippen molar-refractivity contribution in [3.63, 3.8) is 0 Å². The molecule has 3 aromatic rings. The predicted octanol–water partition coefficient (Wildman–Crippen LogP) is 5.84. The van der Waals surface area contributed by atoms with Crippen LogP contribution in [0.15, 0.2) is 58.4 Å². The Morgan fingerprint density at radius 1 is 1.21 bits per heavy atom. The van der Waals surface area contributed by atoms with Crippen molar-refractivity contribution >= 4 is 49.8 Å². The van der Waals surface area contributed by atoms with Crippen molar-refractivity contribution in [2.24, 2.45) is 0 Å². The molecule has 0 aliphatic carbocycles. The van der Waals surface area contributed by atoms with Crippen molar-refractivity contribution in [1.82, 2.24) is 0 Å². The van der Waals surface area contributed by atoms with Crippen molar-refractivity contribution in [2.75, 3.05) is 5.32 Å². The fourth-order valence-electron chi connectivity index (χ4n) is 2.73. The lowest BCUT2D eigenvalue weighted by atomic mass is 10.0. The third-order valence-corrected chi connectivity index (χ3v) is 5.96. The molecule has 2 aromatic carbocycles. The predicted molar refractivity (Wildman–Crippen MR) is 114 cm³/mol. The Kier molecular flexibility index (Phi) is 6.72. The van der Waals surface area contributed by atoms with Crippen LogP contribution in [0.3, 0.4) is 0 Å². The maximum atomic E-state index is 14.5. The van der Waals surface area contributed by atoms with Crippen LogP contribution >= 0.6 is 38.9 Å². The van der Waals surface area contributed by atoms with Gasteiger partial charge in [-0.2, -0.15) is 0 Å².